The van der Waals surface area contributed by atoms with Gasteiger partial charge in [0, 0.05) is 31.5 Å². The molecule has 0 saturated carbocycles. The first-order chi connectivity index (χ1) is 14.2. The highest BCUT2D eigenvalue weighted by atomic mass is 16.6. The topological polar surface area (TPSA) is 46.5 Å². The molecule has 0 spiro atoms. The summed E-state index contributed by atoms with van der Waals surface area (Å²) in [7, 11) is 1.70. The van der Waals surface area contributed by atoms with Crippen molar-refractivity contribution < 1.29 is 14.1 Å². The molecule has 1 aromatic heterocycles. The summed E-state index contributed by atoms with van der Waals surface area (Å²) in [4.78, 5) is 0. The fourth-order valence-corrected chi connectivity index (χ4v) is 4.03. The van der Waals surface area contributed by atoms with Gasteiger partial charge in [-0.05, 0) is 23.3 Å². The van der Waals surface area contributed by atoms with Gasteiger partial charge in [0.15, 0.2) is 0 Å². The predicted molar refractivity (Wildman–Crippen MR) is 115 cm³/mol. The summed E-state index contributed by atoms with van der Waals surface area (Å²) in [5, 5.41) is 14.6. The molecule has 0 radical (unpaired) electrons. The Labute approximate surface area is 171 Å². The van der Waals surface area contributed by atoms with Gasteiger partial charge < -0.3 is 23.9 Å². The lowest BCUT2D eigenvalue weighted by molar-refractivity contribution is -0.878. The van der Waals surface area contributed by atoms with Crippen LogP contribution >= 0.6 is 0 Å². The Kier molecular flexibility index (Phi) is 6.00. The number of ether oxygens (including phenoxy) is 2. The SMILES string of the molecule is COCn1cc(CC[N+]2([O-])CCC=C(OCc3ccccc3)C2)c2ccccc21. The Bertz CT molecular complexity index is 980. The van der Waals surface area contributed by atoms with Crippen molar-refractivity contribution >= 4 is 10.9 Å². The smallest absolute Gasteiger partial charge is 0.147 e. The number of fused-ring (bicyclic) bond motifs is 1. The van der Waals surface area contributed by atoms with Crippen LogP contribution in [0.5, 0.6) is 0 Å². The highest BCUT2D eigenvalue weighted by Gasteiger charge is 2.24. The standard InChI is InChI=1S/C24H28N2O3/c1-28-19-25-16-21(23-11-5-6-12-24(23)25)13-15-26(27)14-7-10-22(17-26)29-18-20-8-3-2-4-9-20/h2-6,8-12,16H,7,13-15,17-19H2,1H3. The van der Waals surface area contributed by atoms with Crippen molar-refractivity contribution in [2.24, 2.45) is 0 Å². The summed E-state index contributed by atoms with van der Waals surface area (Å²) in [6.45, 7) is 2.58. The van der Waals surface area contributed by atoms with Crippen molar-refractivity contribution in [1.29, 1.82) is 0 Å². The van der Waals surface area contributed by atoms with E-state index < -0.39 is 0 Å². The Morgan fingerprint density at radius 3 is 2.69 bits per heavy atom. The Morgan fingerprint density at radius 1 is 1.07 bits per heavy atom. The van der Waals surface area contributed by atoms with E-state index >= 15 is 0 Å². The summed E-state index contributed by atoms with van der Waals surface area (Å²) in [5.74, 6) is 0.817. The summed E-state index contributed by atoms with van der Waals surface area (Å²) in [5.41, 5.74) is 3.47. The van der Waals surface area contributed by atoms with Crippen LogP contribution in [0.3, 0.4) is 0 Å². The number of hydrogen-bond acceptors (Lipinski definition) is 3. The van der Waals surface area contributed by atoms with Crippen LogP contribution in [-0.4, -0.2) is 36.0 Å². The summed E-state index contributed by atoms with van der Waals surface area (Å²) in [6, 6.07) is 18.4. The number of para-hydroxylation sites is 1. The zero-order chi connectivity index (χ0) is 20.1. The quantitative estimate of drug-likeness (QED) is 0.416. The minimum atomic E-state index is -0.232. The third-order valence-electron chi connectivity index (χ3n) is 5.55. The zero-order valence-electron chi connectivity index (χ0n) is 16.9. The normalized spacial score (nSPS) is 19.3. The van der Waals surface area contributed by atoms with Crippen molar-refractivity contribution in [3.63, 3.8) is 0 Å². The molecule has 2 aromatic carbocycles. The second-order valence-electron chi connectivity index (χ2n) is 7.71. The second kappa shape index (κ2) is 8.82. The maximum atomic E-state index is 13.4. The van der Waals surface area contributed by atoms with Crippen LogP contribution in [0, 0.1) is 5.21 Å². The molecule has 0 aliphatic carbocycles. The molecule has 0 N–H and O–H groups in total. The predicted octanol–water partition coefficient (Wildman–Crippen LogP) is 4.61. The molecule has 3 aromatic rings. The van der Waals surface area contributed by atoms with Crippen LogP contribution in [0.1, 0.15) is 17.5 Å². The summed E-state index contributed by atoms with van der Waals surface area (Å²) >= 11 is 0. The number of quaternary nitrogens is 1. The lowest BCUT2D eigenvalue weighted by Gasteiger charge is -2.45. The molecule has 1 aliphatic heterocycles. The van der Waals surface area contributed by atoms with Crippen molar-refractivity contribution in [1.82, 2.24) is 4.57 Å². The molecular formula is C24H28N2O3. The first-order valence-corrected chi connectivity index (χ1v) is 10.2. The number of rotatable bonds is 8. The molecule has 1 aliphatic rings. The first kappa shape index (κ1) is 19.7. The maximum absolute atomic E-state index is 13.4. The minimum absolute atomic E-state index is 0.232. The van der Waals surface area contributed by atoms with Crippen LogP contribution < -0.4 is 0 Å². The van der Waals surface area contributed by atoms with E-state index in [1.165, 1.54) is 10.9 Å². The van der Waals surface area contributed by atoms with Gasteiger partial charge in [-0.1, -0.05) is 48.5 Å². The van der Waals surface area contributed by atoms with Crippen LogP contribution in [-0.2, 0) is 29.2 Å². The van der Waals surface area contributed by atoms with E-state index in [1.54, 1.807) is 7.11 Å². The highest BCUT2D eigenvalue weighted by Crippen LogP contribution is 2.25. The van der Waals surface area contributed by atoms with E-state index in [2.05, 4.69) is 29.0 Å². The van der Waals surface area contributed by atoms with Gasteiger partial charge in [-0.2, -0.15) is 0 Å². The van der Waals surface area contributed by atoms with E-state index in [0.29, 0.717) is 33.0 Å². The third kappa shape index (κ3) is 4.70. The van der Waals surface area contributed by atoms with E-state index in [1.807, 2.05) is 42.5 Å². The molecule has 29 heavy (non-hydrogen) atoms. The third-order valence-corrected chi connectivity index (χ3v) is 5.55. The van der Waals surface area contributed by atoms with Gasteiger partial charge in [-0.25, -0.2) is 0 Å². The second-order valence-corrected chi connectivity index (χ2v) is 7.71. The molecule has 0 saturated heterocycles. The van der Waals surface area contributed by atoms with Crippen molar-refractivity contribution in [2.75, 3.05) is 26.7 Å². The molecule has 5 nitrogen and oxygen atoms in total. The number of hydroxylamine groups is 3. The zero-order valence-corrected chi connectivity index (χ0v) is 16.9. The maximum Gasteiger partial charge on any atom is 0.147 e. The Hall–Kier alpha value is -2.60. The van der Waals surface area contributed by atoms with Crippen molar-refractivity contribution in [3.05, 3.63) is 89.0 Å². The lowest BCUT2D eigenvalue weighted by atomic mass is 10.1. The van der Waals surface area contributed by atoms with E-state index in [4.69, 9.17) is 9.47 Å². The van der Waals surface area contributed by atoms with Gasteiger partial charge in [0.05, 0.1) is 18.6 Å². The number of aromatic nitrogens is 1. The van der Waals surface area contributed by atoms with E-state index in [-0.39, 0.29) is 4.65 Å². The van der Waals surface area contributed by atoms with Gasteiger partial charge >= 0.3 is 0 Å². The van der Waals surface area contributed by atoms with Crippen molar-refractivity contribution in [2.45, 2.75) is 26.2 Å². The van der Waals surface area contributed by atoms with Gasteiger partial charge in [0.2, 0.25) is 0 Å². The van der Waals surface area contributed by atoms with E-state index in [9.17, 15) is 5.21 Å². The average Bonchev–Trinajstić information content (AvgIpc) is 3.10. The summed E-state index contributed by atoms with van der Waals surface area (Å²) < 4.78 is 13.1. The average molecular weight is 392 g/mol. The largest absolute Gasteiger partial charge is 0.632 e. The number of nitrogens with zero attached hydrogens (tertiary/aromatic N) is 2. The molecule has 1 atom stereocenters. The molecule has 0 fully saturated rings. The van der Waals surface area contributed by atoms with Crippen LogP contribution in [0.25, 0.3) is 10.9 Å². The minimum Gasteiger partial charge on any atom is -0.632 e. The number of methoxy groups -OCH3 is 1. The molecule has 0 bridgehead atoms. The van der Waals surface area contributed by atoms with Crippen molar-refractivity contribution in [3.8, 4) is 0 Å². The van der Waals surface area contributed by atoms with Crippen LogP contribution in [0.15, 0.2) is 72.6 Å². The fourth-order valence-electron chi connectivity index (χ4n) is 4.03. The molecule has 1 unspecified atom stereocenters. The van der Waals surface area contributed by atoms with Gasteiger partial charge in [-0.3, -0.25) is 0 Å². The molecule has 0 amide bonds. The fraction of sp³-hybridized carbons (Fsp3) is 0.333. The first-order valence-electron chi connectivity index (χ1n) is 10.2. The molecule has 152 valence electrons. The van der Waals surface area contributed by atoms with Gasteiger partial charge in [0.1, 0.15) is 25.6 Å². The van der Waals surface area contributed by atoms with Gasteiger partial charge in [-0.15, -0.1) is 0 Å². The Morgan fingerprint density at radius 2 is 1.86 bits per heavy atom. The van der Waals surface area contributed by atoms with E-state index in [0.717, 1.165) is 29.7 Å². The van der Waals surface area contributed by atoms with Crippen LogP contribution in [0.2, 0.25) is 0 Å². The molecule has 4 rings (SSSR count). The molecular weight excluding hydrogens is 364 g/mol. The summed E-state index contributed by atoms with van der Waals surface area (Å²) in [6.07, 6.45) is 5.69. The number of hydrogen-bond donors (Lipinski definition) is 0. The molecule has 2 heterocycles. The monoisotopic (exact) mass is 392 g/mol. The van der Waals surface area contributed by atoms with Gasteiger partial charge in [0.25, 0.3) is 0 Å². The lowest BCUT2D eigenvalue weighted by Crippen LogP contribution is -2.47. The van der Waals surface area contributed by atoms with Crippen LogP contribution in [0.4, 0.5) is 0 Å². The highest BCUT2D eigenvalue weighted by molar-refractivity contribution is 5.83. The number of benzene rings is 2. The Balaban J connectivity index is 1.40. The molecule has 5 heteroatoms.